The highest BCUT2D eigenvalue weighted by molar-refractivity contribution is 8.00. The third-order valence-electron chi connectivity index (χ3n) is 3.84. The lowest BCUT2D eigenvalue weighted by Crippen LogP contribution is -2.23. The third kappa shape index (κ3) is 4.02. The van der Waals surface area contributed by atoms with E-state index in [0.29, 0.717) is 10.8 Å². The number of nitrogens with zero attached hydrogens (tertiary/aromatic N) is 4. The second-order valence-corrected chi connectivity index (χ2v) is 7.27. The molecule has 0 aliphatic rings. The van der Waals surface area contributed by atoms with Gasteiger partial charge in [0.05, 0.1) is 10.9 Å². The van der Waals surface area contributed by atoms with Crippen molar-refractivity contribution in [2.75, 3.05) is 5.32 Å². The Morgan fingerprint density at radius 3 is 2.65 bits per heavy atom. The normalized spacial score (nSPS) is 12.0. The third-order valence-corrected chi connectivity index (χ3v) is 4.87. The fourth-order valence-electron chi connectivity index (χ4n) is 2.32. The van der Waals surface area contributed by atoms with Crippen molar-refractivity contribution in [2.24, 2.45) is 0 Å². The molecule has 0 aliphatic heterocycles. The van der Waals surface area contributed by atoms with E-state index in [4.69, 9.17) is 0 Å². The number of phenolic OH excluding ortho intramolecular Hbond substituents is 1. The number of hydrogen-bond donors (Lipinski definition) is 2. The average molecular weight is 369 g/mol. The molecular weight excluding hydrogens is 350 g/mol. The summed E-state index contributed by atoms with van der Waals surface area (Å²) < 4.78 is 1.53. The molecule has 2 aromatic carbocycles. The van der Waals surface area contributed by atoms with Crippen LogP contribution in [-0.2, 0) is 4.79 Å². The largest absolute Gasteiger partial charge is 0.508 e. The number of thioether (sulfide) groups is 1. The van der Waals surface area contributed by atoms with Crippen molar-refractivity contribution >= 4 is 23.4 Å². The van der Waals surface area contributed by atoms with Crippen LogP contribution in [0.2, 0.25) is 0 Å². The first-order valence-corrected chi connectivity index (χ1v) is 8.94. The van der Waals surface area contributed by atoms with Crippen LogP contribution < -0.4 is 5.32 Å². The van der Waals surface area contributed by atoms with E-state index < -0.39 is 5.25 Å². The molecule has 0 spiro atoms. The maximum absolute atomic E-state index is 12.6. The number of hydrogen-bond acceptors (Lipinski definition) is 6. The number of rotatable bonds is 5. The first-order chi connectivity index (χ1) is 12.4. The van der Waals surface area contributed by atoms with Gasteiger partial charge in [-0.25, -0.2) is 0 Å². The van der Waals surface area contributed by atoms with Crippen molar-refractivity contribution < 1.29 is 9.90 Å². The fourth-order valence-corrected chi connectivity index (χ4v) is 3.13. The predicted molar refractivity (Wildman–Crippen MR) is 101 cm³/mol. The second-order valence-electron chi connectivity index (χ2n) is 5.96. The molecule has 1 amide bonds. The number of aromatic hydroxyl groups is 1. The zero-order valence-corrected chi connectivity index (χ0v) is 15.5. The summed E-state index contributed by atoms with van der Waals surface area (Å²) in [5.41, 5.74) is 3.61. The molecule has 0 aliphatic carbocycles. The van der Waals surface area contributed by atoms with Crippen molar-refractivity contribution in [3.63, 3.8) is 0 Å². The summed E-state index contributed by atoms with van der Waals surface area (Å²) in [6.45, 7) is 5.75. The molecule has 0 unspecified atom stereocenters. The Hall–Kier alpha value is -2.87. The Morgan fingerprint density at radius 2 is 1.92 bits per heavy atom. The average Bonchev–Trinajstić information content (AvgIpc) is 3.07. The van der Waals surface area contributed by atoms with Gasteiger partial charge in [-0.15, -0.1) is 5.10 Å². The van der Waals surface area contributed by atoms with E-state index >= 15 is 0 Å². The van der Waals surface area contributed by atoms with Gasteiger partial charge >= 0.3 is 0 Å². The molecule has 0 radical (unpaired) electrons. The molecule has 134 valence electrons. The van der Waals surface area contributed by atoms with E-state index in [9.17, 15) is 9.90 Å². The Bertz CT molecular complexity index is 924. The highest BCUT2D eigenvalue weighted by Gasteiger charge is 2.20. The first kappa shape index (κ1) is 17.9. The summed E-state index contributed by atoms with van der Waals surface area (Å²) in [7, 11) is 0. The van der Waals surface area contributed by atoms with Gasteiger partial charge in [0.25, 0.3) is 0 Å². The van der Waals surface area contributed by atoms with Crippen molar-refractivity contribution in [2.45, 2.75) is 31.2 Å². The zero-order valence-electron chi connectivity index (χ0n) is 14.7. The van der Waals surface area contributed by atoms with Gasteiger partial charge in [0, 0.05) is 5.69 Å². The number of amides is 1. The number of anilines is 1. The van der Waals surface area contributed by atoms with E-state index in [0.717, 1.165) is 16.8 Å². The van der Waals surface area contributed by atoms with Crippen molar-refractivity contribution in [3.05, 3.63) is 53.6 Å². The molecule has 0 saturated carbocycles. The fraction of sp³-hybridized carbons (Fsp3) is 0.222. The van der Waals surface area contributed by atoms with Crippen LogP contribution in [-0.4, -0.2) is 36.5 Å². The standard InChI is InChI=1S/C18H19N5O2S/c1-11-4-5-12(2)16(10-11)19-17(25)13(3)26-18-20-21-22-23(18)14-6-8-15(24)9-7-14/h4-10,13,24H,1-3H3,(H,19,25)/t13-/m0/s1. The molecule has 3 rings (SSSR count). The number of aromatic nitrogens is 4. The van der Waals surface area contributed by atoms with Crippen LogP contribution in [0.1, 0.15) is 18.1 Å². The number of benzene rings is 2. The van der Waals surface area contributed by atoms with Crippen LogP contribution in [0.3, 0.4) is 0 Å². The number of aryl methyl sites for hydroxylation is 2. The predicted octanol–water partition coefficient (Wildman–Crippen LogP) is 3.10. The van der Waals surface area contributed by atoms with Crippen LogP contribution in [0.15, 0.2) is 47.6 Å². The van der Waals surface area contributed by atoms with Gasteiger partial charge in [-0.3, -0.25) is 4.79 Å². The number of carbonyl (C=O) groups is 1. The minimum atomic E-state index is -0.392. The summed E-state index contributed by atoms with van der Waals surface area (Å²) in [6, 6.07) is 12.5. The Kier molecular flexibility index (Phi) is 5.22. The van der Waals surface area contributed by atoms with E-state index in [1.165, 1.54) is 16.4 Å². The minimum Gasteiger partial charge on any atom is -0.508 e. The quantitative estimate of drug-likeness (QED) is 0.671. The molecule has 3 aromatic rings. The summed E-state index contributed by atoms with van der Waals surface area (Å²) in [5, 5.41) is 24.1. The van der Waals surface area contributed by atoms with Crippen molar-refractivity contribution in [1.82, 2.24) is 20.2 Å². The lowest BCUT2D eigenvalue weighted by molar-refractivity contribution is -0.115. The molecule has 0 bridgehead atoms. The zero-order chi connectivity index (χ0) is 18.7. The van der Waals surface area contributed by atoms with Crippen molar-refractivity contribution in [3.8, 4) is 11.4 Å². The molecule has 1 heterocycles. The molecule has 0 saturated heterocycles. The smallest absolute Gasteiger partial charge is 0.237 e. The van der Waals surface area contributed by atoms with Gasteiger partial charge in [-0.1, -0.05) is 23.9 Å². The number of carbonyl (C=O) groups excluding carboxylic acids is 1. The van der Waals surface area contributed by atoms with Gasteiger partial charge < -0.3 is 10.4 Å². The van der Waals surface area contributed by atoms with Crippen molar-refractivity contribution in [1.29, 1.82) is 0 Å². The Morgan fingerprint density at radius 1 is 1.19 bits per heavy atom. The lowest BCUT2D eigenvalue weighted by Gasteiger charge is -2.13. The molecule has 7 nitrogen and oxygen atoms in total. The number of phenols is 1. The van der Waals surface area contributed by atoms with Gasteiger partial charge in [-0.05, 0) is 72.7 Å². The summed E-state index contributed by atoms with van der Waals surface area (Å²) >= 11 is 1.27. The molecule has 8 heteroatoms. The summed E-state index contributed by atoms with van der Waals surface area (Å²) in [4.78, 5) is 12.6. The molecule has 1 aromatic heterocycles. The molecule has 26 heavy (non-hydrogen) atoms. The molecular formula is C18H19N5O2S. The van der Waals surface area contributed by atoms with E-state index in [1.54, 1.807) is 31.2 Å². The maximum Gasteiger partial charge on any atom is 0.237 e. The van der Waals surface area contributed by atoms with Crippen LogP contribution in [0.4, 0.5) is 5.69 Å². The summed E-state index contributed by atoms with van der Waals surface area (Å²) in [5.74, 6) is 0.0428. The summed E-state index contributed by atoms with van der Waals surface area (Å²) in [6.07, 6.45) is 0. The minimum absolute atomic E-state index is 0.121. The van der Waals surface area contributed by atoms with Gasteiger partial charge in [0.2, 0.25) is 11.1 Å². The highest BCUT2D eigenvalue weighted by Crippen LogP contribution is 2.25. The van der Waals surface area contributed by atoms with Crippen LogP contribution >= 0.6 is 11.8 Å². The number of nitrogens with one attached hydrogen (secondary N) is 1. The second kappa shape index (κ2) is 7.57. The topological polar surface area (TPSA) is 92.9 Å². The van der Waals surface area contributed by atoms with Gasteiger partial charge in [-0.2, -0.15) is 4.68 Å². The molecule has 2 N–H and O–H groups in total. The van der Waals surface area contributed by atoms with Gasteiger partial charge in [0.1, 0.15) is 5.75 Å². The molecule has 1 atom stereocenters. The number of tetrazole rings is 1. The van der Waals surface area contributed by atoms with E-state index in [1.807, 2.05) is 32.0 Å². The first-order valence-electron chi connectivity index (χ1n) is 8.06. The Labute approximate surface area is 155 Å². The maximum atomic E-state index is 12.6. The van der Waals surface area contributed by atoms with E-state index in [-0.39, 0.29) is 11.7 Å². The lowest BCUT2D eigenvalue weighted by atomic mass is 10.1. The Balaban J connectivity index is 1.73. The van der Waals surface area contributed by atoms with Crippen LogP contribution in [0, 0.1) is 13.8 Å². The van der Waals surface area contributed by atoms with Gasteiger partial charge in [0.15, 0.2) is 0 Å². The highest BCUT2D eigenvalue weighted by atomic mass is 32.2. The monoisotopic (exact) mass is 369 g/mol. The van der Waals surface area contributed by atoms with Crippen LogP contribution in [0.5, 0.6) is 5.75 Å². The SMILES string of the molecule is Cc1ccc(C)c(NC(=O)[C@H](C)Sc2nnnn2-c2ccc(O)cc2)c1. The van der Waals surface area contributed by atoms with Crippen LogP contribution in [0.25, 0.3) is 5.69 Å². The molecule has 0 fully saturated rings. The van der Waals surface area contributed by atoms with E-state index in [2.05, 4.69) is 20.8 Å².